The molecule has 104 valence electrons. The Labute approximate surface area is 115 Å². The lowest BCUT2D eigenvalue weighted by atomic mass is 9.77. The molecule has 0 radical (unpaired) electrons. The zero-order valence-corrected chi connectivity index (χ0v) is 13.3. The normalized spacial score (nSPS) is 13.9. The second kappa shape index (κ2) is 10.2. The fourth-order valence-electron chi connectivity index (χ4n) is 2.43. The van der Waals surface area contributed by atoms with Crippen molar-refractivity contribution in [3.63, 3.8) is 0 Å². The summed E-state index contributed by atoms with van der Waals surface area (Å²) in [5.74, 6) is 0. The largest absolute Gasteiger partial charge is 0.123 e. The fraction of sp³-hybridized carbons (Fsp3) is 1.00. The Bertz CT molecular complexity index is 151. The summed E-state index contributed by atoms with van der Waals surface area (Å²) in [5, 5.41) is 0.311. The molecule has 0 fully saturated rings. The summed E-state index contributed by atoms with van der Waals surface area (Å²) in [4.78, 5) is 0. The summed E-state index contributed by atoms with van der Waals surface area (Å²) in [7, 11) is 0. The molecule has 0 aliphatic heterocycles. The summed E-state index contributed by atoms with van der Waals surface area (Å²) in [5.41, 5.74) is 0.364. The predicted octanol–water partition coefficient (Wildman–Crippen LogP) is 6.56. The van der Waals surface area contributed by atoms with E-state index in [-0.39, 0.29) is 0 Å². The van der Waals surface area contributed by atoms with Gasteiger partial charge in [-0.05, 0) is 25.2 Å². The molecule has 0 N–H and O–H groups in total. The van der Waals surface area contributed by atoms with E-state index in [0.717, 1.165) is 0 Å². The van der Waals surface area contributed by atoms with Gasteiger partial charge in [0.1, 0.15) is 0 Å². The number of hydrogen-bond acceptors (Lipinski definition) is 0. The molecule has 0 spiro atoms. The third kappa shape index (κ3) is 8.08. The minimum Gasteiger partial charge on any atom is -0.123 e. The van der Waals surface area contributed by atoms with Gasteiger partial charge in [0.2, 0.25) is 0 Å². The molecule has 0 aromatic carbocycles. The molecule has 0 rings (SSSR count). The Morgan fingerprint density at radius 2 is 1.24 bits per heavy atom. The maximum atomic E-state index is 6.41. The molecule has 0 aromatic rings. The molecule has 0 aromatic heterocycles. The lowest BCUT2D eigenvalue weighted by Crippen LogP contribution is -2.26. The Morgan fingerprint density at radius 1 is 0.824 bits per heavy atom. The number of halogens is 1. The van der Waals surface area contributed by atoms with Crippen LogP contribution in [0.3, 0.4) is 0 Å². The Hall–Kier alpha value is 0.290. The van der Waals surface area contributed by atoms with Gasteiger partial charge in [-0.25, -0.2) is 0 Å². The standard InChI is InChI=1S/C16H33Cl/c1-5-7-9-11-13-16(4,15(3)17)14-12-10-8-6-2/h15H,5-14H2,1-4H3. The maximum absolute atomic E-state index is 6.41. The van der Waals surface area contributed by atoms with Crippen LogP contribution in [0.25, 0.3) is 0 Å². The molecular weight excluding hydrogens is 228 g/mol. The van der Waals surface area contributed by atoms with Crippen molar-refractivity contribution >= 4 is 11.6 Å². The van der Waals surface area contributed by atoms with E-state index < -0.39 is 0 Å². The molecule has 1 atom stereocenters. The van der Waals surface area contributed by atoms with Crippen LogP contribution in [0.1, 0.15) is 91.9 Å². The van der Waals surface area contributed by atoms with Gasteiger partial charge in [0.15, 0.2) is 0 Å². The summed E-state index contributed by atoms with van der Waals surface area (Å²) >= 11 is 6.41. The van der Waals surface area contributed by atoms with E-state index in [4.69, 9.17) is 11.6 Å². The molecule has 17 heavy (non-hydrogen) atoms. The Morgan fingerprint density at radius 3 is 1.53 bits per heavy atom. The zero-order valence-electron chi connectivity index (χ0n) is 12.5. The second-order valence-corrected chi connectivity index (χ2v) is 6.55. The summed E-state index contributed by atoms with van der Waals surface area (Å²) in [6, 6.07) is 0. The van der Waals surface area contributed by atoms with Gasteiger partial charge in [0.05, 0.1) is 0 Å². The summed E-state index contributed by atoms with van der Waals surface area (Å²) < 4.78 is 0. The van der Waals surface area contributed by atoms with Crippen molar-refractivity contribution in [2.75, 3.05) is 0 Å². The SMILES string of the molecule is CCCCCCC(C)(CCCCCC)C(C)Cl. The summed E-state index contributed by atoms with van der Waals surface area (Å²) in [6.07, 6.45) is 13.5. The van der Waals surface area contributed by atoms with Gasteiger partial charge in [-0.15, -0.1) is 11.6 Å². The highest BCUT2D eigenvalue weighted by Gasteiger charge is 2.28. The fourth-order valence-corrected chi connectivity index (χ4v) is 2.65. The molecule has 0 heterocycles. The molecular formula is C16H33Cl. The third-order valence-electron chi connectivity index (χ3n) is 4.16. The highest BCUT2D eigenvalue weighted by atomic mass is 35.5. The minimum absolute atomic E-state index is 0.311. The first kappa shape index (κ1) is 17.3. The van der Waals surface area contributed by atoms with E-state index in [2.05, 4.69) is 27.7 Å². The highest BCUT2D eigenvalue weighted by molar-refractivity contribution is 6.20. The van der Waals surface area contributed by atoms with Crippen molar-refractivity contribution in [3.05, 3.63) is 0 Å². The van der Waals surface area contributed by atoms with Gasteiger partial charge >= 0.3 is 0 Å². The average Bonchev–Trinajstić information content (AvgIpc) is 2.30. The molecule has 0 saturated carbocycles. The molecule has 0 aliphatic rings. The van der Waals surface area contributed by atoms with Crippen molar-refractivity contribution in [1.82, 2.24) is 0 Å². The third-order valence-corrected chi connectivity index (χ3v) is 4.69. The van der Waals surface area contributed by atoms with Crippen LogP contribution in [0.5, 0.6) is 0 Å². The zero-order chi connectivity index (χ0) is 13.1. The van der Waals surface area contributed by atoms with Crippen molar-refractivity contribution < 1.29 is 0 Å². The van der Waals surface area contributed by atoms with Gasteiger partial charge in [-0.3, -0.25) is 0 Å². The van der Waals surface area contributed by atoms with Gasteiger partial charge in [-0.2, -0.15) is 0 Å². The maximum Gasteiger partial charge on any atom is 0.0361 e. The number of unbranched alkanes of at least 4 members (excludes halogenated alkanes) is 6. The van der Waals surface area contributed by atoms with Crippen molar-refractivity contribution in [3.8, 4) is 0 Å². The van der Waals surface area contributed by atoms with Crippen LogP contribution in [-0.4, -0.2) is 5.38 Å². The lowest BCUT2D eigenvalue weighted by molar-refractivity contribution is 0.247. The van der Waals surface area contributed by atoms with Gasteiger partial charge < -0.3 is 0 Å². The minimum atomic E-state index is 0.311. The molecule has 1 heteroatoms. The van der Waals surface area contributed by atoms with Crippen LogP contribution in [0.15, 0.2) is 0 Å². The molecule has 0 aliphatic carbocycles. The monoisotopic (exact) mass is 260 g/mol. The average molecular weight is 261 g/mol. The van der Waals surface area contributed by atoms with Gasteiger partial charge in [0.25, 0.3) is 0 Å². The molecule has 1 unspecified atom stereocenters. The van der Waals surface area contributed by atoms with E-state index in [1.807, 2.05) is 0 Å². The highest BCUT2D eigenvalue weighted by Crippen LogP contribution is 2.37. The van der Waals surface area contributed by atoms with E-state index in [9.17, 15) is 0 Å². The number of rotatable bonds is 11. The summed E-state index contributed by atoms with van der Waals surface area (Å²) in [6.45, 7) is 9.12. The van der Waals surface area contributed by atoms with Crippen LogP contribution in [0.2, 0.25) is 0 Å². The van der Waals surface area contributed by atoms with Crippen LogP contribution in [0.4, 0.5) is 0 Å². The van der Waals surface area contributed by atoms with Gasteiger partial charge in [0, 0.05) is 5.38 Å². The van der Waals surface area contributed by atoms with Crippen molar-refractivity contribution in [1.29, 1.82) is 0 Å². The quantitative estimate of drug-likeness (QED) is 0.291. The second-order valence-electron chi connectivity index (χ2n) is 5.89. The smallest absolute Gasteiger partial charge is 0.0361 e. The first-order chi connectivity index (χ1) is 8.06. The Balaban J connectivity index is 3.90. The first-order valence-electron chi connectivity index (χ1n) is 7.71. The van der Waals surface area contributed by atoms with Gasteiger partial charge in [-0.1, -0.05) is 72.1 Å². The predicted molar refractivity (Wildman–Crippen MR) is 80.9 cm³/mol. The molecule has 0 nitrogen and oxygen atoms in total. The first-order valence-corrected chi connectivity index (χ1v) is 8.14. The molecule has 0 amide bonds. The van der Waals surface area contributed by atoms with E-state index in [1.54, 1.807) is 0 Å². The number of alkyl halides is 1. The Kier molecular flexibility index (Phi) is 10.4. The van der Waals surface area contributed by atoms with E-state index >= 15 is 0 Å². The van der Waals surface area contributed by atoms with Crippen molar-refractivity contribution in [2.24, 2.45) is 5.41 Å². The topological polar surface area (TPSA) is 0 Å². The number of hydrogen-bond donors (Lipinski definition) is 0. The molecule has 0 saturated heterocycles. The van der Waals surface area contributed by atoms with Crippen molar-refractivity contribution in [2.45, 2.75) is 97.3 Å². The van der Waals surface area contributed by atoms with E-state index in [1.165, 1.54) is 64.2 Å². The lowest BCUT2D eigenvalue weighted by Gasteiger charge is -2.32. The molecule has 0 bridgehead atoms. The van der Waals surface area contributed by atoms with Crippen LogP contribution >= 0.6 is 11.6 Å². The van der Waals surface area contributed by atoms with Crippen LogP contribution < -0.4 is 0 Å². The van der Waals surface area contributed by atoms with E-state index in [0.29, 0.717) is 10.8 Å². The van der Waals surface area contributed by atoms with Crippen LogP contribution in [0, 0.1) is 5.41 Å². The van der Waals surface area contributed by atoms with Crippen LogP contribution in [-0.2, 0) is 0 Å².